The number of pyridine rings is 1. The summed E-state index contributed by atoms with van der Waals surface area (Å²) in [6, 6.07) is 21.6. The van der Waals surface area contributed by atoms with E-state index in [9.17, 15) is 48.6 Å². The first-order valence-corrected chi connectivity index (χ1v) is 28.7. The first-order valence-electron chi connectivity index (χ1n) is 28.2. The van der Waals surface area contributed by atoms with Crippen molar-refractivity contribution in [2.24, 2.45) is 5.92 Å². The van der Waals surface area contributed by atoms with Crippen LogP contribution in [0.4, 0.5) is 26.7 Å². The molecule has 0 saturated heterocycles. The Morgan fingerprint density at radius 3 is 2.23 bits per heavy atom. The number of unbranched alkanes of at least 4 members (excludes halogenated alkanes) is 1. The first-order chi connectivity index (χ1) is 41.2. The molecule has 5 N–H and O–H groups in total. The average Bonchev–Trinajstić information content (AvgIpc) is 1.59. The number of nitrogens with zero attached hydrogens (tertiary/aromatic N) is 7. The van der Waals surface area contributed by atoms with Crippen LogP contribution in [0.1, 0.15) is 76.6 Å². The van der Waals surface area contributed by atoms with Gasteiger partial charge in [-0.25, -0.2) is 14.6 Å². The molecule has 0 unspecified atom stereocenters. The zero-order valence-electron chi connectivity index (χ0n) is 48.8. The van der Waals surface area contributed by atoms with E-state index < -0.39 is 53.8 Å². The fourth-order valence-corrected chi connectivity index (χ4v) is 10.7. The summed E-state index contributed by atoms with van der Waals surface area (Å²) in [6.07, 6.45) is 5.26. The van der Waals surface area contributed by atoms with Crippen molar-refractivity contribution in [2.45, 2.75) is 64.6 Å². The summed E-state index contributed by atoms with van der Waals surface area (Å²) in [5, 5.41) is 29.0. The number of aryl methyl sites for hydroxylation is 1. The number of rotatable bonds is 26. The number of phenolic OH excluding ortho intramolecular Hbond substituents is 1. The number of carbonyl (C=O) groups excluding carboxylic acids is 8. The third kappa shape index (κ3) is 15.3. The number of anilines is 3. The van der Waals surface area contributed by atoms with E-state index in [1.807, 2.05) is 39.0 Å². The van der Waals surface area contributed by atoms with Crippen LogP contribution in [0, 0.1) is 12.8 Å². The normalized spacial score (nSPS) is 14.4. The number of aliphatic hydroxyl groups is 1. The lowest BCUT2D eigenvalue weighted by Crippen LogP contribution is -2.52. The number of aromatic nitrogens is 2. The van der Waals surface area contributed by atoms with Crippen LogP contribution in [-0.2, 0) is 35.3 Å². The minimum Gasteiger partial charge on any atom is -0.508 e. The van der Waals surface area contributed by atoms with Crippen molar-refractivity contribution in [1.29, 1.82) is 0 Å². The van der Waals surface area contributed by atoms with E-state index in [-0.39, 0.29) is 106 Å². The molecule has 0 radical (unpaired) electrons. The number of carbonyl (C=O) groups is 8. The molecule has 4 heterocycles. The summed E-state index contributed by atoms with van der Waals surface area (Å²) in [5.41, 5.74) is 4.50. The van der Waals surface area contributed by atoms with Gasteiger partial charge in [0.15, 0.2) is 0 Å². The second-order valence-corrected chi connectivity index (χ2v) is 21.9. The number of phenols is 1. The van der Waals surface area contributed by atoms with Gasteiger partial charge in [0.25, 0.3) is 23.6 Å². The number of imidazole rings is 1. The summed E-state index contributed by atoms with van der Waals surface area (Å²) in [4.78, 5) is 118. The lowest BCUT2D eigenvalue weighted by molar-refractivity contribution is -0.137. The van der Waals surface area contributed by atoms with Gasteiger partial charge < -0.3 is 59.5 Å². The zero-order valence-corrected chi connectivity index (χ0v) is 49.5. The number of nitrogens with one attached hydrogen (secondary N) is 3. The Hall–Kier alpha value is -8.90. The summed E-state index contributed by atoms with van der Waals surface area (Å²) in [7, 11) is 5.09. The van der Waals surface area contributed by atoms with Gasteiger partial charge >= 0.3 is 12.2 Å². The van der Waals surface area contributed by atoms with Crippen molar-refractivity contribution >= 4 is 92.7 Å². The smallest absolute Gasteiger partial charge is 0.415 e. The molecular formula is C62H71ClN10O13. The van der Waals surface area contributed by atoms with Crippen LogP contribution in [0.25, 0.3) is 16.4 Å². The second kappa shape index (κ2) is 28.8. The van der Waals surface area contributed by atoms with E-state index in [0.717, 1.165) is 21.4 Å². The van der Waals surface area contributed by atoms with Gasteiger partial charge in [-0.15, -0.1) is 11.6 Å². The van der Waals surface area contributed by atoms with Crippen molar-refractivity contribution in [3.63, 3.8) is 0 Å². The van der Waals surface area contributed by atoms with Crippen LogP contribution in [0.5, 0.6) is 11.5 Å². The molecule has 3 atom stereocenters. The molecule has 0 fully saturated rings. The van der Waals surface area contributed by atoms with Crippen molar-refractivity contribution in [3.8, 4) is 11.5 Å². The highest BCUT2D eigenvalue weighted by atomic mass is 35.5. The van der Waals surface area contributed by atoms with Crippen LogP contribution in [0.2, 0.25) is 0 Å². The van der Waals surface area contributed by atoms with E-state index in [2.05, 4.69) is 20.9 Å². The number of imide groups is 1. The molecule has 86 heavy (non-hydrogen) atoms. The SMILES string of the molecule is Cc1cccc2c(OC(=O)N(CCOCCO)CCN(C)C(=O)OCc3ccc(NC(=O)[C@H](CCCCN4C(=O)C=CC4=O)NC(=O)[C@H](C(C)C)N(C)C)cc3)cc3c(c12)[C@H](CCl)CN3C(=O)c1cn2cc(NC(=O)c3ccc(O)cc3)ccc2n1. The Bertz CT molecular complexity index is 3490. The van der Waals surface area contributed by atoms with Gasteiger partial charge in [-0.1, -0.05) is 44.2 Å². The highest BCUT2D eigenvalue weighted by Gasteiger charge is 2.37. The molecule has 454 valence electrons. The molecule has 2 aromatic heterocycles. The molecule has 0 saturated carbocycles. The molecule has 8 amide bonds. The standard InChI is InChI=1S/C62H71ClN10O13/c1-38(2)56(68(4)5)59(80)67-47(12-7-8-25-72-52(76)23-24-53(72)77)58(79)64-43-17-13-40(14-18-43)37-85-61(82)69(6)26-27-70(28-30-84-31-29-74)62(83)86-50-32-49-55(54-39(3)10-9-11-46(50)54)42(33-63)34-73(49)60(81)48-36-71-35-44(19-22-51(71)66-48)65-57(78)41-15-20-45(75)21-16-41/h9-11,13-24,32,35-36,38,42,47,56,74-75H,7-8,12,25-31,33-34,37H2,1-6H3,(H,64,79)(H,65,78)(H,67,80)/t42-,47+,56+/m1/s1. The molecule has 0 aliphatic carbocycles. The van der Waals surface area contributed by atoms with Gasteiger partial charge in [0.2, 0.25) is 11.8 Å². The Kier molecular flexibility index (Phi) is 21.1. The Labute approximate surface area is 502 Å². The maximum atomic E-state index is 14.6. The lowest BCUT2D eigenvalue weighted by atomic mass is 9.92. The minimum atomic E-state index is -0.928. The first kappa shape index (κ1) is 63.1. The highest BCUT2D eigenvalue weighted by Crippen LogP contribution is 2.47. The average molecular weight is 1200 g/mol. The van der Waals surface area contributed by atoms with E-state index in [4.69, 9.17) is 25.8 Å². The number of fused-ring (bicyclic) bond motifs is 4. The number of hydrogen-bond donors (Lipinski definition) is 5. The predicted molar refractivity (Wildman–Crippen MR) is 322 cm³/mol. The Morgan fingerprint density at radius 2 is 1.55 bits per heavy atom. The number of ether oxygens (including phenoxy) is 3. The number of amides is 8. The van der Waals surface area contributed by atoms with Crippen LogP contribution < -0.4 is 25.6 Å². The van der Waals surface area contributed by atoms with Gasteiger partial charge in [0.05, 0.1) is 37.2 Å². The summed E-state index contributed by atoms with van der Waals surface area (Å²) >= 11 is 6.64. The van der Waals surface area contributed by atoms with Crippen LogP contribution in [-0.4, -0.2) is 178 Å². The molecule has 2 aliphatic rings. The largest absolute Gasteiger partial charge is 0.508 e. The molecule has 0 spiro atoms. The van der Waals surface area contributed by atoms with Gasteiger partial charge in [-0.05, 0) is 117 Å². The maximum Gasteiger partial charge on any atom is 0.415 e. The predicted octanol–water partition coefficient (Wildman–Crippen LogP) is 6.92. The van der Waals surface area contributed by atoms with E-state index in [0.29, 0.717) is 52.1 Å². The quantitative estimate of drug-likeness (QED) is 0.0209. The topological polar surface area (TPSA) is 274 Å². The Morgan fingerprint density at radius 1 is 0.826 bits per heavy atom. The van der Waals surface area contributed by atoms with Gasteiger partial charge in [-0.2, -0.15) is 0 Å². The van der Waals surface area contributed by atoms with E-state index >= 15 is 0 Å². The van der Waals surface area contributed by atoms with E-state index in [1.165, 1.54) is 53.3 Å². The van der Waals surface area contributed by atoms with Crippen LogP contribution in [0.15, 0.2) is 109 Å². The van der Waals surface area contributed by atoms with Crippen molar-refractivity contribution in [2.75, 3.05) is 95.1 Å². The number of aliphatic hydroxyl groups excluding tert-OH is 1. The number of likely N-dealkylation sites (N-methyl/N-ethyl adjacent to an activating group) is 2. The van der Waals surface area contributed by atoms with Crippen molar-refractivity contribution in [1.82, 2.24) is 34.3 Å². The highest BCUT2D eigenvalue weighted by molar-refractivity contribution is 6.19. The molecule has 23 nitrogen and oxygen atoms in total. The third-order valence-corrected chi connectivity index (χ3v) is 15.2. The molecule has 6 aromatic rings. The molecule has 8 rings (SSSR count). The molecule has 0 bridgehead atoms. The van der Waals surface area contributed by atoms with E-state index in [1.54, 1.807) is 83.2 Å². The summed E-state index contributed by atoms with van der Waals surface area (Å²) in [5.74, 6) is -2.37. The number of aromatic hydroxyl groups is 1. The maximum absolute atomic E-state index is 14.6. The van der Waals surface area contributed by atoms with Crippen molar-refractivity contribution in [3.05, 3.63) is 137 Å². The monoisotopic (exact) mass is 1200 g/mol. The number of benzene rings is 4. The van der Waals surface area contributed by atoms with Crippen LogP contribution in [0.3, 0.4) is 0 Å². The number of halogens is 1. The number of hydrogen-bond acceptors (Lipinski definition) is 15. The zero-order chi connectivity index (χ0) is 61.8. The van der Waals surface area contributed by atoms with Crippen molar-refractivity contribution < 1.29 is 62.8 Å². The molecular weight excluding hydrogens is 1130 g/mol. The Balaban J connectivity index is 0.908. The molecule has 2 aliphatic heterocycles. The summed E-state index contributed by atoms with van der Waals surface area (Å²) < 4.78 is 19.0. The second-order valence-electron chi connectivity index (χ2n) is 21.6. The lowest BCUT2D eigenvalue weighted by Gasteiger charge is -2.29. The summed E-state index contributed by atoms with van der Waals surface area (Å²) in [6.45, 7) is 5.81. The molecule has 24 heteroatoms. The number of alkyl halides is 1. The fourth-order valence-electron chi connectivity index (χ4n) is 10.5. The van der Waals surface area contributed by atoms with Gasteiger partial charge in [0, 0.05) is 98.8 Å². The fraction of sp³-hybridized carbons (Fsp3) is 0.371. The van der Waals surface area contributed by atoms with Crippen LogP contribution >= 0.6 is 11.6 Å². The molecule has 4 aromatic carbocycles. The van der Waals surface area contributed by atoms with Gasteiger partial charge in [0.1, 0.15) is 35.5 Å². The minimum absolute atomic E-state index is 0.00377. The third-order valence-electron chi connectivity index (χ3n) is 14.9. The van der Waals surface area contributed by atoms with Gasteiger partial charge in [-0.3, -0.25) is 38.6 Å².